The molecule has 3 rings (SSSR count). The molecule has 4 heteroatoms. The van der Waals surface area contributed by atoms with Crippen LogP contribution in [-0.4, -0.2) is 11.6 Å². The third kappa shape index (κ3) is 2.10. The number of para-hydroxylation sites is 1. The molecule has 0 atom stereocenters. The van der Waals surface area contributed by atoms with Crippen molar-refractivity contribution in [3.05, 3.63) is 58.1 Å². The Bertz CT molecular complexity index is 750. The van der Waals surface area contributed by atoms with E-state index in [1.54, 1.807) is 6.07 Å². The number of hydrogen-bond acceptors (Lipinski definition) is 2. The molecule has 20 heavy (non-hydrogen) atoms. The van der Waals surface area contributed by atoms with E-state index in [1.807, 2.05) is 44.2 Å². The van der Waals surface area contributed by atoms with Gasteiger partial charge in [-0.05, 0) is 37.1 Å². The van der Waals surface area contributed by atoms with Gasteiger partial charge in [-0.2, -0.15) is 0 Å². The molecule has 0 spiro atoms. The molecule has 1 heterocycles. The second-order valence-corrected chi connectivity index (χ2v) is 5.25. The number of carbonyl (C=O) groups excluding carboxylic acids is 1. The molecule has 0 aliphatic carbocycles. The topological polar surface area (TPSA) is 41.5 Å². The van der Waals surface area contributed by atoms with E-state index >= 15 is 0 Å². The van der Waals surface area contributed by atoms with Gasteiger partial charge < -0.3 is 5.32 Å². The molecule has 3 nitrogen and oxygen atoms in total. The zero-order chi connectivity index (χ0) is 14.3. The summed E-state index contributed by atoms with van der Waals surface area (Å²) in [6.45, 7) is 3.89. The minimum absolute atomic E-state index is 0.175. The van der Waals surface area contributed by atoms with Crippen molar-refractivity contribution >= 4 is 34.6 Å². The molecule has 0 fully saturated rings. The fraction of sp³-hybridized carbons (Fsp3) is 0.125. The lowest BCUT2D eigenvalue weighted by molar-refractivity contribution is -0.110. The van der Waals surface area contributed by atoms with Crippen LogP contribution in [0.2, 0.25) is 5.02 Å². The molecule has 1 amide bonds. The minimum atomic E-state index is -0.175. The smallest absolute Gasteiger partial charge is 0.275 e. The van der Waals surface area contributed by atoms with Gasteiger partial charge in [-0.1, -0.05) is 35.9 Å². The highest BCUT2D eigenvalue weighted by Gasteiger charge is 2.26. The van der Waals surface area contributed by atoms with E-state index in [9.17, 15) is 4.79 Å². The molecule has 0 unspecified atom stereocenters. The molecule has 0 aromatic heterocycles. The SMILES string of the molecule is Cc1ccc(N=C2C(=O)Nc3c(C)cccc32)cc1Cl. The summed E-state index contributed by atoms with van der Waals surface area (Å²) in [4.78, 5) is 16.5. The van der Waals surface area contributed by atoms with Crippen molar-refractivity contribution in [1.82, 2.24) is 0 Å². The maximum atomic E-state index is 12.1. The lowest BCUT2D eigenvalue weighted by Gasteiger charge is -2.02. The fourth-order valence-corrected chi connectivity index (χ4v) is 2.39. The Labute approximate surface area is 122 Å². The van der Waals surface area contributed by atoms with Gasteiger partial charge in [0.2, 0.25) is 0 Å². The number of aliphatic imine (C=N–C) groups is 1. The van der Waals surface area contributed by atoms with Crippen molar-refractivity contribution in [2.24, 2.45) is 4.99 Å². The molecule has 0 radical (unpaired) electrons. The number of fused-ring (bicyclic) bond motifs is 1. The van der Waals surface area contributed by atoms with Crippen LogP contribution in [0.1, 0.15) is 16.7 Å². The number of carbonyl (C=O) groups is 1. The quantitative estimate of drug-likeness (QED) is 0.844. The Morgan fingerprint density at radius 1 is 1.10 bits per heavy atom. The molecular weight excluding hydrogens is 272 g/mol. The number of aryl methyl sites for hydroxylation is 2. The van der Waals surface area contributed by atoms with Crippen LogP contribution in [0.3, 0.4) is 0 Å². The van der Waals surface area contributed by atoms with Crippen LogP contribution < -0.4 is 5.32 Å². The number of nitrogens with one attached hydrogen (secondary N) is 1. The van der Waals surface area contributed by atoms with Crippen molar-refractivity contribution in [2.75, 3.05) is 5.32 Å². The number of rotatable bonds is 1. The first-order chi connectivity index (χ1) is 9.56. The molecule has 1 N–H and O–H groups in total. The average Bonchev–Trinajstić information content (AvgIpc) is 2.73. The summed E-state index contributed by atoms with van der Waals surface area (Å²) in [6, 6.07) is 11.3. The van der Waals surface area contributed by atoms with E-state index in [1.165, 1.54) is 0 Å². The van der Waals surface area contributed by atoms with E-state index in [2.05, 4.69) is 10.3 Å². The minimum Gasteiger partial charge on any atom is -0.320 e. The summed E-state index contributed by atoms with van der Waals surface area (Å²) in [5.74, 6) is -0.175. The zero-order valence-electron chi connectivity index (χ0n) is 11.2. The molecule has 1 aliphatic rings. The van der Waals surface area contributed by atoms with Crippen LogP contribution >= 0.6 is 11.6 Å². The molecule has 100 valence electrons. The van der Waals surface area contributed by atoms with E-state index in [-0.39, 0.29) is 5.91 Å². The molecule has 0 saturated carbocycles. The van der Waals surface area contributed by atoms with Crippen molar-refractivity contribution in [3.8, 4) is 0 Å². The van der Waals surface area contributed by atoms with Gasteiger partial charge in [0.05, 0.1) is 11.4 Å². The number of nitrogens with zero attached hydrogens (tertiary/aromatic N) is 1. The van der Waals surface area contributed by atoms with Crippen molar-refractivity contribution in [1.29, 1.82) is 0 Å². The molecule has 1 aliphatic heterocycles. The highest BCUT2D eigenvalue weighted by atomic mass is 35.5. The summed E-state index contributed by atoms with van der Waals surface area (Å²) in [5, 5.41) is 3.51. The first-order valence-electron chi connectivity index (χ1n) is 6.32. The second kappa shape index (κ2) is 4.76. The van der Waals surface area contributed by atoms with E-state index in [4.69, 9.17) is 11.6 Å². The van der Waals surface area contributed by atoms with Gasteiger partial charge in [0, 0.05) is 10.6 Å². The van der Waals surface area contributed by atoms with Crippen molar-refractivity contribution in [3.63, 3.8) is 0 Å². The molecule has 0 bridgehead atoms. The normalized spacial score (nSPS) is 15.3. The number of anilines is 1. The summed E-state index contributed by atoms with van der Waals surface area (Å²) in [6.07, 6.45) is 0. The summed E-state index contributed by atoms with van der Waals surface area (Å²) < 4.78 is 0. The van der Waals surface area contributed by atoms with E-state index in [0.29, 0.717) is 16.4 Å². The fourth-order valence-electron chi connectivity index (χ4n) is 2.22. The molecule has 2 aromatic rings. The van der Waals surface area contributed by atoms with Gasteiger partial charge in [-0.15, -0.1) is 0 Å². The summed E-state index contributed by atoms with van der Waals surface area (Å²) >= 11 is 6.09. The molecular formula is C16H13ClN2O. The Kier molecular flexibility index (Phi) is 3.07. The highest BCUT2D eigenvalue weighted by Crippen LogP contribution is 2.29. The van der Waals surface area contributed by atoms with Gasteiger partial charge in [0.15, 0.2) is 0 Å². The largest absolute Gasteiger partial charge is 0.320 e. The Balaban J connectivity index is 2.11. The lowest BCUT2D eigenvalue weighted by atomic mass is 10.1. The first kappa shape index (κ1) is 12.9. The summed E-state index contributed by atoms with van der Waals surface area (Å²) in [7, 11) is 0. The standard InChI is InChI=1S/C16H13ClN2O/c1-9-6-7-11(8-13(9)17)18-15-12-5-3-4-10(2)14(12)19-16(15)20/h3-8H,1-2H3,(H,18,19,20). The Morgan fingerprint density at radius 2 is 1.90 bits per heavy atom. The summed E-state index contributed by atoms with van der Waals surface area (Å²) in [5.41, 5.74) is 4.82. The maximum Gasteiger partial charge on any atom is 0.275 e. The highest BCUT2D eigenvalue weighted by molar-refractivity contribution is 6.54. The number of benzene rings is 2. The maximum absolute atomic E-state index is 12.1. The zero-order valence-corrected chi connectivity index (χ0v) is 12.0. The van der Waals surface area contributed by atoms with Crippen molar-refractivity contribution in [2.45, 2.75) is 13.8 Å². The van der Waals surface area contributed by atoms with Crippen LogP contribution in [0, 0.1) is 13.8 Å². The van der Waals surface area contributed by atoms with E-state index < -0.39 is 0 Å². The Hall–Kier alpha value is -2.13. The third-order valence-electron chi connectivity index (χ3n) is 3.38. The molecule has 2 aromatic carbocycles. The third-order valence-corrected chi connectivity index (χ3v) is 3.79. The van der Waals surface area contributed by atoms with Crippen LogP contribution in [0.5, 0.6) is 0 Å². The van der Waals surface area contributed by atoms with Gasteiger partial charge in [0.1, 0.15) is 5.71 Å². The Morgan fingerprint density at radius 3 is 2.65 bits per heavy atom. The number of amides is 1. The van der Waals surface area contributed by atoms with E-state index in [0.717, 1.165) is 22.4 Å². The monoisotopic (exact) mass is 284 g/mol. The number of hydrogen-bond donors (Lipinski definition) is 1. The van der Waals surface area contributed by atoms with Gasteiger partial charge in [0.25, 0.3) is 5.91 Å². The van der Waals surface area contributed by atoms with Crippen LogP contribution in [-0.2, 0) is 4.79 Å². The van der Waals surface area contributed by atoms with Gasteiger partial charge >= 0.3 is 0 Å². The van der Waals surface area contributed by atoms with Crippen LogP contribution in [0.25, 0.3) is 0 Å². The lowest BCUT2D eigenvalue weighted by Crippen LogP contribution is -2.13. The second-order valence-electron chi connectivity index (χ2n) is 4.85. The average molecular weight is 285 g/mol. The van der Waals surface area contributed by atoms with Crippen molar-refractivity contribution < 1.29 is 4.79 Å². The van der Waals surface area contributed by atoms with Gasteiger partial charge in [-0.3, -0.25) is 4.79 Å². The van der Waals surface area contributed by atoms with Crippen LogP contribution in [0.15, 0.2) is 41.4 Å². The van der Waals surface area contributed by atoms with Gasteiger partial charge in [-0.25, -0.2) is 4.99 Å². The predicted molar refractivity (Wildman–Crippen MR) is 82.2 cm³/mol. The van der Waals surface area contributed by atoms with Crippen LogP contribution in [0.4, 0.5) is 11.4 Å². The first-order valence-corrected chi connectivity index (χ1v) is 6.70. The molecule has 0 saturated heterocycles. The number of halogens is 1. The predicted octanol–water partition coefficient (Wildman–Crippen LogP) is 4.03.